The maximum Gasteiger partial charge on any atom is 0.416 e. The van der Waals surface area contributed by atoms with Crippen LogP contribution in [-0.4, -0.2) is 26.1 Å². The van der Waals surface area contributed by atoms with Gasteiger partial charge in [-0.2, -0.15) is 23.1 Å². The minimum absolute atomic E-state index is 0.108. The summed E-state index contributed by atoms with van der Waals surface area (Å²) >= 11 is 5.99. The Labute approximate surface area is 158 Å². The van der Waals surface area contributed by atoms with Crippen LogP contribution in [0.1, 0.15) is 30.4 Å². The van der Waals surface area contributed by atoms with E-state index in [0.29, 0.717) is 23.5 Å². The Kier molecular flexibility index (Phi) is 4.67. The van der Waals surface area contributed by atoms with Crippen molar-refractivity contribution in [2.24, 2.45) is 5.92 Å². The van der Waals surface area contributed by atoms with Crippen LogP contribution in [0.2, 0.25) is 5.28 Å². The van der Waals surface area contributed by atoms with Gasteiger partial charge in [-0.25, -0.2) is 4.98 Å². The summed E-state index contributed by atoms with van der Waals surface area (Å²) in [6.07, 6.45) is 0.861. The number of hydrogen-bond donors (Lipinski definition) is 1. The van der Waals surface area contributed by atoms with Crippen LogP contribution in [-0.2, 0) is 12.7 Å². The van der Waals surface area contributed by atoms with Crippen LogP contribution in [0.4, 0.5) is 19.0 Å². The van der Waals surface area contributed by atoms with E-state index in [0.717, 1.165) is 36.6 Å². The zero-order chi connectivity index (χ0) is 19.0. The van der Waals surface area contributed by atoms with E-state index in [1.54, 1.807) is 6.33 Å². The molecule has 0 bridgehead atoms. The number of alkyl halides is 3. The highest BCUT2D eigenvalue weighted by atomic mass is 35.5. The third-order valence-electron chi connectivity index (χ3n) is 4.62. The molecular weight excluding hydrogens is 379 g/mol. The molecule has 1 fully saturated rings. The SMILES string of the molecule is FC(F)(F)c1ccc(Cn2cnc3nc(Cl)nc(NCCC4CC4)c32)cc1. The zero-order valence-corrected chi connectivity index (χ0v) is 15.1. The Hall–Kier alpha value is -2.35. The minimum Gasteiger partial charge on any atom is -0.368 e. The highest BCUT2D eigenvalue weighted by molar-refractivity contribution is 6.28. The van der Waals surface area contributed by atoms with Crippen molar-refractivity contribution in [3.63, 3.8) is 0 Å². The van der Waals surface area contributed by atoms with Crippen LogP contribution >= 0.6 is 11.6 Å². The largest absolute Gasteiger partial charge is 0.416 e. The topological polar surface area (TPSA) is 55.6 Å². The van der Waals surface area contributed by atoms with Crippen molar-refractivity contribution in [1.29, 1.82) is 0 Å². The van der Waals surface area contributed by atoms with Crippen molar-refractivity contribution in [3.8, 4) is 0 Å². The molecule has 1 aromatic carbocycles. The van der Waals surface area contributed by atoms with Gasteiger partial charge in [0.2, 0.25) is 5.28 Å². The number of aromatic nitrogens is 4. The second kappa shape index (κ2) is 6.99. The van der Waals surface area contributed by atoms with Gasteiger partial charge in [0.25, 0.3) is 0 Å². The minimum atomic E-state index is -4.34. The van der Waals surface area contributed by atoms with E-state index in [-0.39, 0.29) is 5.28 Å². The van der Waals surface area contributed by atoms with Crippen molar-refractivity contribution >= 4 is 28.6 Å². The first-order valence-corrected chi connectivity index (χ1v) is 9.06. The molecule has 5 nitrogen and oxygen atoms in total. The Morgan fingerprint density at radius 1 is 1.15 bits per heavy atom. The van der Waals surface area contributed by atoms with Gasteiger partial charge < -0.3 is 9.88 Å². The Bertz CT molecular complexity index is 948. The molecule has 9 heteroatoms. The summed E-state index contributed by atoms with van der Waals surface area (Å²) in [6.45, 7) is 1.13. The summed E-state index contributed by atoms with van der Waals surface area (Å²) in [4.78, 5) is 12.7. The van der Waals surface area contributed by atoms with Crippen LogP contribution in [0.15, 0.2) is 30.6 Å². The number of rotatable bonds is 6. The lowest BCUT2D eigenvalue weighted by Crippen LogP contribution is -2.08. The van der Waals surface area contributed by atoms with Gasteiger partial charge in [0.15, 0.2) is 11.5 Å². The fourth-order valence-electron chi connectivity index (χ4n) is 2.99. The predicted molar refractivity (Wildman–Crippen MR) is 96.7 cm³/mol. The van der Waals surface area contributed by atoms with Crippen molar-refractivity contribution in [2.75, 3.05) is 11.9 Å². The molecule has 2 aromatic heterocycles. The number of nitrogens with zero attached hydrogens (tertiary/aromatic N) is 4. The number of hydrogen-bond acceptors (Lipinski definition) is 4. The van der Waals surface area contributed by atoms with Crippen LogP contribution < -0.4 is 5.32 Å². The number of halogens is 4. The highest BCUT2D eigenvalue weighted by Crippen LogP contribution is 2.32. The van der Waals surface area contributed by atoms with Gasteiger partial charge >= 0.3 is 6.18 Å². The summed E-state index contributed by atoms with van der Waals surface area (Å²) in [7, 11) is 0. The standard InChI is InChI=1S/C18H17ClF3N5/c19-17-25-15(23-8-7-11-1-2-11)14-16(26-17)24-10-27(14)9-12-3-5-13(6-4-12)18(20,21)22/h3-6,10-11H,1-2,7-9H2,(H,23,25,26). The Balaban J connectivity index is 1.59. The number of benzene rings is 1. The molecule has 3 aromatic rings. The summed E-state index contributed by atoms with van der Waals surface area (Å²) in [5.41, 5.74) is 1.20. The molecule has 0 aliphatic heterocycles. The average molecular weight is 396 g/mol. The molecular formula is C18H17ClF3N5. The van der Waals surface area contributed by atoms with Crippen molar-refractivity contribution in [3.05, 3.63) is 47.0 Å². The summed E-state index contributed by atoms with van der Waals surface area (Å²) in [5.74, 6) is 1.37. The third kappa shape index (κ3) is 4.16. The molecule has 4 rings (SSSR count). The second-order valence-corrected chi connectivity index (χ2v) is 7.08. The van der Waals surface area contributed by atoms with Crippen LogP contribution in [0.5, 0.6) is 0 Å². The van der Waals surface area contributed by atoms with Gasteiger partial charge in [0.1, 0.15) is 5.52 Å². The molecule has 0 atom stereocenters. The van der Waals surface area contributed by atoms with Crippen LogP contribution in [0.3, 0.4) is 0 Å². The summed E-state index contributed by atoms with van der Waals surface area (Å²) in [5, 5.41) is 3.40. The van der Waals surface area contributed by atoms with Crippen molar-refractivity contribution < 1.29 is 13.2 Å². The van der Waals surface area contributed by atoms with E-state index in [1.807, 2.05) is 4.57 Å². The Morgan fingerprint density at radius 2 is 1.89 bits per heavy atom. The molecule has 1 N–H and O–H groups in total. The molecule has 2 heterocycles. The molecule has 142 valence electrons. The molecule has 1 aliphatic rings. The fourth-order valence-corrected chi connectivity index (χ4v) is 3.16. The van der Waals surface area contributed by atoms with Crippen molar-refractivity contribution in [1.82, 2.24) is 19.5 Å². The van der Waals surface area contributed by atoms with E-state index >= 15 is 0 Å². The van der Waals surface area contributed by atoms with E-state index in [4.69, 9.17) is 11.6 Å². The second-order valence-electron chi connectivity index (χ2n) is 6.74. The first-order valence-electron chi connectivity index (χ1n) is 8.68. The van der Waals surface area contributed by atoms with E-state index < -0.39 is 11.7 Å². The van der Waals surface area contributed by atoms with Gasteiger partial charge in [-0.05, 0) is 41.6 Å². The maximum absolute atomic E-state index is 12.7. The first-order chi connectivity index (χ1) is 12.9. The Morgan fingerprint density at radius 3 is 2.56 bits per heavy atom. The monoisotopic (exact) mass is 395 g/mol. The van der Waals surface area contributed by atoms with Gasteiger partial charge in [-0.3, -0.25) is 0 Å². The van der Waals surface area contributed by atoms with Crippen molar-refractivity contribution in [2.45, 2.75) is 32.0 Å². The number of anilines is 1. The lowest BCUT2D eigenvalue weighted by Gasteiger charge is -2.11. The van der Waals surface area contributed by atoms with Crippen LogP contribution in [0, 0.1) is 5.92 Å². The molecule has 1 aliphatic carbocycles. The van der Waals surface area contributed by atoms with E-state index in [2.05, 4.69) is 20.3 Å². The van der Waals surface area contributed by atoms with Gasteiger partial charge in [0, 0.05) is 13.1 Å². The molecule has 0 spiro atoms. The zero-order valence-electron chi connectivity index (χ0n) is 14.3. The lowest BCUT2D eigenvalue weighted by atomic mass is 10.1. The first kappa shape index (κ1) is 18.0. The smallest absolute Gasteiger partial charge is 0.368 e. The molecule has 0 unspecified atom stereocenters. The lowest BCUT2D eigenvalue weighted by molar-refractivity contribution is -0.137. The average Bonchev–Trinajstić information content (AvgIpc) is 3.35. The normalized spacial score (nSPS) is 14.7. The van der Waals surface area contributed by atoms with Crippen LogP contribution in [0.25, 0.3) is 11.2 Å². The van der Waals surface area contributed by atoms with E-state index in [9.17, 15) is 13.2 Å². The number of nitrogens with one attached hydrogen (secondary N) is 1. The van der Waals surface area contributed by atoms with Gasteiger partial charge in [-0.1, -0.05) is 25.0 Å². The molecule has 0 radical (unpaired) electrons. The molecule has 0 saturated heterocycles. The predicted octanol–water partition coefficient (Wildman–Crippen LogP) is 4.76. The highest BCUT2D eigenvalue weighted by Gasteiger charge is 2.30. The maximum atomic E-state index is 12.7. The quantitative estimate of drug-likeness (QED) is 0.611. The van der Waals surface area contributed by atoms with Gasteiger partial charge in [0.05, 0.1) is 11.9 Å². The molecule has 1 saturated carbocycles. The number of fused-ring (bicyclic) bond motifs is 1. The summed E-state index contributed by atoms with van der Waals surface area (Å²) < 4.78 is 40.0. The van der Waals surface area contributed by atoms with E-state index in [1.165, 1.54) is 25.0 Å². The molecule has 27 heavy (non-hydrogen) atoms. The summed E-state index contributed by atoms with van der Waals surface area (Å²) in [6, 6.07) is 5.09. The third-order valence-corrected chi connectivity index (χ3v) is 4.79. The van der Waals surface area contributed by atoms with Gasteiger partial charge in [-0.15, -0.1) is 0 Å². The number of imidazole rings is 1. The fraction of sp³-hybridized carbons (Fsp3) is 0.389. The molecule has 0 amide bonds.